The summed E-state index contributed by atoms with van der Waals surface area (Å²) in [6.07, 6.45) is 0. The Bertz CT molecular complexity index is 377. The van der Waals surface area contributed by atoms with Crippen LogP contribution in [0.5, 0.6) is 0 Å². The van der Waals surface area contributed by atoms with Crippen LogP contribution < -0.4 is 16.9 Å². The largest absolute Gasteiger partial charge is 1.00 e. The number of quaternary nitrogens is 1. The molecular formula is C9H12ClFN2O2. The van der Waals surface area contributed by atoms with Crippen LogP contribution in [-0.2, 0) is 0 Å². The fraction of sp³-hybridized carbons (Fsp3) is 0.333. The van der Waals surface area contributed by atoms with Crippen LogP contribution in [-0.4, -0.2) is 26.1 Å². The van der Waals surface area contributed by atoms with Gasteiger partial charge in [0.15, 0.2) is 0 Å². The molecule has 0 aliphatic carbocycles. The van der Waals surface area contributed by atoms with Crippen molar-refractivity contribution in [1.82, 2.24) is 4.48 Å². The van der Waals surface area contributed by atoms with Gasteiger partial charge in [-0.3, -0.25) is 14.6 Å². The summed E-state index contributed by atoms with van der Waals surface area (Å²) in [6, 6.07) is 3.59. The molecule has 0 unspecified atom stereocenters. The number of nitro groups is 1. The van der Waals surface area contributed by atoms with Crippen LogP contribution in [0.2, 0.25) is 0 Å². The van der Waals surface area contributed by atoms with Crippen molar-refractivity contribution >= 4 is 11.4 Å². The van der Waals surface area contributed by atoms with Crippen molar-refractivity contribution in [3.63, 3.8) is 0 Å². The van der Waals surface area contributed by atoms with Gasteiger partial charge in [-0.15, -0.1) is 0 Å². The Morgan fingerprint density at radius 3 is 2.20 bits per heavy atom. The summed E-state index contributed by atoms with van der Waals surface area (Å²) in [7, 11) is 5.45. The molecule has 0 atom stereocenters. The van der Waals surface area contributed by atoms with E-state index in [4.69, 9.17) is 0 Å². The van der Waals surface area contributed by atoms with Crippen LogP contribution in [0.25, 0.3) is 0 Å². The standard InChI is InChI=1S/C9H12FN2O2.ClH/c1-12(2,3)9-5-7(10)4-8(6-9)11(13)14;/h4-6H,1-3H3;1H/q+1;/p-1. The van der Waals surface area contributed by atoms with Gasteiger partial charge in [-0.25, -0.2) is 4.39 Å². The zero-order valence-corrected chi connectivity index (χ0v) is 9.45. The fourth-order valence-corrected chi connectivity index (χ4v) is 1.05. The lowest BCUT2D eigenvalue weighted by molar-refractivity contribution is -0.385. The third-order valence-corrected chi connectivity index (χ3v) is 1.85. The molecule has 15 heavy (non-hydrogen) atoms. The van der Waals surface area contributed by atoms with E-state index >= 15 is 0 Å². The average Bonchev–Trinajstić information content (AvgIpc) is 2.01. The Hall–Kier alpha value is -1.20. The molecule has 0 aliphatic heterocycles. The molecule has 0 saturated carbocycles. The minimum Gasteiger partial charge on any atom is -1.00 e. The number of nitrogens with zero attached hydrogens (tertiary/aromatic N) is 2. The molecule has 0 aromatic heterocycles. The predicted molar refractivity (Wildman–Crippen MR) is 52.6 cm³/mol. The molecule has 4 nitrogen and oxygen atoms in total. The molecule has 1 aromatic rings. The summed E-state index contributed by atoms with van der Waals surface area (Å²) in [5.74, 6) is -0.581. The average molecular weight is 235 g/mol. The van der Waals surface area contributed by atoms with Gasteiger partial charge in [0.25, 0.3) is 5.69 Å². The van der Waals surface area contributed by atoms with Crippen molar-refractivity contribution in [3.05, 3.63) is 34.1 Å². The molecule has 0 spiro atoms. The quantitative estimate of drug-likeness (QED) is 0.372. The van der Waals surface area contributed by atoms with E-state index in [-0.39, 0.29) is 18.1 Å². The summed E-state index contributed by atoms with van der Waals surface area (Å²) in [5.41, 5.74) is 0.352. The van der Waals surface area contributed by atoms with E-state index in [0.717, 1.165) is 6.07 Å². The zero-order chi connectivity index (χ0) is 10.9. The summed E-state index contributed by atoms with van der Waals surface area (Å²) in [6.45, 7) is 0. The highest BCUT2D eigenvalue weighted by atomic mass is 35.5. The Morgan fingerprint density at radius 1 is 1.27 bits per heavy atom. The highest BCUT2D eigenvalue weighted by Gasteiger charge is 2.18. The second-order valence-electron chi connectivity index (χ2n) is 3.94. The molecule has 0 bridgehead atoms. The van der Waals surface area contributed by atoms with Gasteiger partial charge in [0, 0.05) is 6.07 Å². The smallest absolute Gasteiger partial charge is 0.278 e. The number of halogens is 2. The van der Waals surface area contributed by atoms with Gasteiger partial charge < -0.3 is 12.4 Å². The van der Waals surface area contributed by atoms with Gasteiger partial charge in [0.05, 0.1) is 38.2 Å². The molecule has 0 saturated heterocycles. The normalized spacial score (nSPS) is 10.7. The minimum absolute atomic E-state index is 0. The Morgan fingerprint density at radius 2 is 1.80 bits per heavy atom. The van der Waals surface area contributed by atoms with Crippen LogP contribution in [0.4, 0.5) is 15.8 Å². The first-order valence-corrected chi connectivity index (χ1v) is 4.08. The van der Waals surface area contributed by atoms with Crippen LogP contribution in [0.3, 0.4) is 0 Å². The van der Waals surface area contributed by atoms with Crippen molar-refractivity contribution in [1.29, 1.82) is 0 Å². The summed E-state index contributed by atoms with van der Waals surface area (Å²) in [4.78, 5) is 9.87. The zero-order valence-electron chi connectivity index (χ0n) is 8.70. The SMILES string of the molecule is C[N+](C)(C)c1cc(F)cc([N+](=O)[O-])c1.[Cl-]. The number of hydrogen-bond donors (Lipinski definition) is 0. The molecule has 0 radical (unpaired) electrons. The highest BCUT2D eigenvalue weighted by Crippen LogP contribution is 2.24. The van der Waals surface area contributed by atoms with Crippen molar-refractivity contribution in [2.45, 2.75) is 0 Å². The third kappa shape index (κ3) is 3.45. The molecule has 0 amide bonds. The Labute approximate surface area is 93.5 Å². The highest BCUT2D eigenvalue weighted by molar-refractivity contribution is 5.50. The molecular weight excluding hydrogens is 223 g/mol. The number of non-ortho nitro benzene ring substituents is 1. The van der Waals surface area contributed by atoms with Gasteiger partial charge in [-0.05, 0) is 0 Å². The lowest BCUT2D eigenvalue weighted by atomic mass is 10.2. The van der Waals surface area contributed by atoms with E-state index in [9.17, 15) is 14.5 Å². The van der Waals surface area contributed by atoms with E-state index in [1.165, 1.54) is 12.1 Å². The van der Waals surface area contributed by atoms with Crippen LogP contribution >= 0.6 is 0 Å². The Balaban J connectivity index is 0.00000196. The number of benzene rings is 1. The fourth-order valence-electron chi connectivity index (χ4n) is 1.05. The molecule has 0 heterocycles. The Kier molecular flexibility index (Phi) is 4.18. The number of nitro benzene ring substituents is 1. The molecule has 1 aromatic carbocycles. The number of rotatable bonds is 2. The van der Waals surface area contributed by atoms with Gasteiger partial charge in [-0.2, -0.15) is 0 Å². The van der Waals surface area contributed by atoms with Gasteiger partial charge >= 0.3 is 0 Å². The van der Waals surface area contributed by atoms with Crippen LogP contribution in [0, 0.1) is 15.9 Å². The summed E-state index contributed by atoms with van der Waals surface area (Å²) >= 11 is 0. The maximum atomic E-state index is 13.0. The maximum absolute atomic E-state index is 13.0. The minimum atomic E-state index is -0.595. The van der Waals surface area contributed by atoms with E-state index in [2.05, 4.69) is 0 Å². The lowest BCUT2D eigenvalue weighted by Gasteiger charge is -2.22. The molecule has 1 rings (SSSR count). The molecule has 84 valence electrons. The second-order valence-corrected chi connectivity index (χ2v) is 3.94. The van der Waals surface area contributed by atoms with Gasteiger partial charge in [0.1, 0.15) is 11.5 Å². The monoisotopic (exact) mass is 234 g/mol. The van der Waals surface area contributed by atoms with Gasteiger partial charge in [-0.1, -0.05) is 0 Å². The summed E-state index contributed by atoms with van der Waals surface area (Å²) in [5, 5.41) is 10.5. The van der Waals surface area contributed by atoms with Crippen molar-refractivity contribution in [2.75, 3.05) is 21.1 Å². The first kappa shape index (κ1) is 13.8. The molecule has 6 heteroatoms. The van der Waals surface area contributed by atoms with Crippen LogP contribution in [0.1, 0.15) is 0 Å². The van der Waals surface area contributed by atoms with E-state index in [1.54, 1.807) is 0 Å². The van der Waals surface area contributed by atoms with Gasteiger partial charge in [0.2, 0.25) is 0 Å². The topological polar surface area (TPSA) is 43.1 Å². The van der Waals surface area contributed by atoms with Crippen molar-refractivity contribution in [2.24, 2.45) is 0 Å². The second kappa shape index (κ2) is 4.55. The first-order chi connectivity index (χ1) is 6.30. The first-order valence-electron chi connectivity index (χ1n) is 4.08. The van der Waals surface area contributed by atoms with Crippen molar-refractivity contribution in [3.8, 4) is 0 Å². The third-order valence-electron chi connectivity index (χ3n) is 1.85. The van der Waals surface area contributed by atoms with Crippen molar-refractivity contribution < 1.29 is 21.7 Å². The van der Waals surface area contributed by atoms with E-state index in [1.807, 2.05) is 21.1 Å². The van der Waals surface area contributed by atoms with E-state index < -0.39 is 10.7 Å². The van der Waals surface area contributed by atoms with E-state index in [0.29, 0.717) is 10.2 Å². The predicted octanol–water partition coefficient (Wildman–Crippen LogP) is -1.07. The molecule has 0 aliphatic rings. The van der Waals surface area contributed by atoms with Crippen LogP contribution in [0.15, 0.2) is 18.2 Å². The lowest BCUT2D eigenvalue weighted by Crippen LogP contribution is -3.00. The molecule has 0 fully saturated rings. The molecule has 0 N–H and O–H groups in total. The maximum Gasteiger partial charge on any atom is 0.278 e. The summed E-state index contributed by atoms with van der Waals surface area (Å²) < 4.78 is 13.3. The number of hydrogen-bond acceptors (Lipinski definition) is 2.